The minimum absolute atomic E-state index is 0.00766. The molecule has 2 aliphatic rings. The molecule has 1 fully saturated rings. The second kappa shape index (κ2) is 10.2. The van der Waals surface area contributed by atoms with Crippen LogP contribution in [0.5, 0.6) is 0 Å². The topological polar surface area (TPSA) is 116 Å². The van der Waals surface area contributed by atoms with Gasteiger partial charge in [-0.05, 0) is 35.2 Å². The van der Waals surface area contributed by atoms with E-state index in [-0.39, 0.29) is 48.2 Å². The predicted octanol–water partition coefficient (Wildman–Crippen LogP) is 1.75. The fourth-order valence-electron chi connectivity index (χ4n) is 4.42. The van der Waals surface area contributed by atoms with Crippen LogP contribution in [0.2, 0.25) is 0 Å². The molecule has 4 rings (SSSR count). The van der Waals surface area contributed by atoms with Gasteiger partial charge < -0.3 is 15.5 Å². The molecule has 0 radical (unpaired) electrons. The lowest BCUT2D eigenvalue weighted by Crippen LogP contribution is -2.51. The number of carbonyl (C=O) groups excluding carboxylic acids is 3. The Balaban J connectivity index is 1.56. The Hall–Kier alpha value is -3.24. The second-order valence-electron chi connectivity index (χ2n) is 9.31. The Bertz CT molecular complexity index is 1240. The quantitative estimate of drug-likeness (QED) is 0.630. The van der Waals surface area contributed by atoms with E-state index in [4.69, 9.17) is 0 Å². The zero-order valence-electron chi connectivity index (χ0n) is 19.9. The van der Waals surface area contributed by atoms with Gasteiger partial charge in [-0.3, -0.25) is 14.4 Å². The lowest BCUT2D eigenvalue weighted by molar-refractivity contribution is -0.140. The standard InChI is InChI=1S/C25H30N4O5S/c1-17(2)12-24(31)29-15-19-7-4-3-6-18(19)13-22(29)25(32)27-20-8-5-9-21(14-20)35(33,34)28-11-10-26-23(30)16-28/h3-9,14,17,22H,10-13,15-16H2,1-2H3,(H,26,30)(H,27,32). The van der Waals surface area contributed by atoms with Gasteiger partial charge in [0.1, 0.15) is 6.04 Å². The van der Waals surface area contributed by atoms with Crippen molar-refractivity contribution < 1.29 is 22.8 Å². The van der Waals surface area contributed by atoms with Crippen molar-refractivity contribution in [1.29, 1.82) is 0 Å². The molecule has 186 valence electrons. The molecule has 3 amide bonds. The maximum atomic E-state index is 13.4. The van der Waals surface area contributed by atoms with Crippen LogP contribution in [0.25, 0.3) is 0 Å². The van der Waals surface area contributed by atoms with E-state index in [9.17, 15) is 22.8 Å². The normalized spacial score (nSPS) is 18.7. The number of amides is 3. The van der Waals surface area contributed by atoms with Gasteiger partial charge in [0.05, 0.1) is 11.4 Å². The van der Waals surface area contributed by atoms with Crippen LogP contribution in [-0.2, 0) is 37.4 Å². The van der Waals surface area contributed by atoms with E-state index in [2.05, 4.69) is 10.6 Å². The van der Waals surface area contributed by atoms with Gasteiger partial charge in [-0.15, -0.1) is 0 Å². The van der Waals surface area contributed by atoms with Gasteiger partial charge in [0, 0.05) is 38.2 Å². The van der Waals surface area contributed by atoms with Crippen molar-refractivity contribution in [1.82, 2.24) is 14.5 Å². The molecular formula is C25H30N4O5S. The summed E-state index contributed by atoms with van der Waals surface area (Å²) in [7, 11) is -3.90. The fraction of sp³-hybridized carbons (Fsp3) is 0.400. The summed E-state index contributed by atoms with van der Waals surface area (Å²) in [6.45, 7) is 4.46. The van der Waals surface area contributed by atoms with Crippen LogP contribution in [0.1, 0.15) is 31.4 Å². The van der Waals surface area contributed by atoms with Crippen molar-refractivity contribution >= 4 is 33.4 Å². The van der Waals surface area contributed by atoms with Crippen LogP contribution in [0.3, 0.4) is 0 Å². The Morgan fingerprint density at radius 1 is 1.09 bits per heavy atom. The smallest absolute Gasteiger partial charge is 0.247 e. The Labute approximate surface area is 205 Å². The van der Waals surface area contributed by atoms with Crippen LogP contribution in [-0.4, -0.2) is 61.0 Å². The number of benzene rings is 2. The molecule has 35 heavy (non-hydrogen) atoms. The molecule has 2 heterocycles. The average molecular weight is 499 g/mol. The van der Waals surface area contributed by atoms with Crippen LogP contribution < -0.4 is 10.6 Å². The Morgan fingerprint density at radius 2 is 1.83 bits per heavy atom. The summed E-state index contributed by atoms with van der Waals surface area (Å²) in [5.41, 5.74) is 2.35. The predicted molar refractivity (Wildman–Crippen MR) is 131 cm³/mol. The van der Waals surface area contributed by atoms with Crippen molar-refractivity contribution in [3.63, 3.8) is 0 Å². The van der Waals surface area contributed by atoms with Gasteiger partial charge in [0.2, 0.25) is 27.7 Å². The number of hydrogen-bond acceptors (Lipinski definition) is 5. The molecule has 2 aromatic rings. The van der Waals surface area contributed by atoms with Crippen molar-refractivity contribution in [2.24, 2.45) is 5.92 Å². The van der Waals surface area contributed by atoms with Crippen LogP contribution >= 0.6 is 0 Å². The van der Waals surface area contributed by atoms with Crippen molar-refractivity contribution in [3.8, 4) is 0 Å². The number of nitrogens with zero attached hydrogens (tertiary/aromatic N) is 2. The minimum atomic E-state index is -3.90. The van der Waals surface area contributed by atoms with E-state index in [1.165, 1.54) is 12.1 Å². The number of piperazine rings is 1. The van der Waals surface area contributed by atoms with Gasteiger partial charge in [-0.25, -0.2) is 8.42 Å². The van der Waals surface area contributed by atoms with Gasteiger partial charge >= 0.3 is 0 Å². The summed E-state index contributed by atoms with van der Waals surface area (Å²) >= 11 is 0. The van der Waals surface area contributed by atoms with Gasteiger partial charge in [0.25, 0.3) is 0 Å². The monoisotopic (exact) mass is 498 g/mol. The lowest BCUT2D eigenvalue weighted by Gasteiger charge is -2.36. The first-order valence-corrected chi connectivity index (χ1v) is 13.1. The molecular weight excluding hydrogens is 468 g/mol. The average Bonchev–Trinajstić information content (AvgIpc) is 2.83. The highest BCUT2D eigenvalue weighted by molar-refractivity contribution is 7.89. The second-order valence-corrected chi connectivity index (χ2v) is 11.3. The van der Waals surface area contributed by atoms with Crippen molar-refractivity contribution in [3.05, 3.63) is 59.7 Å². The third kappa shape index (κ3) is 5.54. The SMILES string of the molecule is CC(C)CC(=O)N1Cc2ccccc2CC1C(=O)Nc1cccc(S(=O)(=O)N2CCNC(=O)C2)c1. The van der Waals surface area contributed by atoms with Gasteiger partial charge in [-0.1, -0.05) is 44.2 Å². The number of carbonyl (C=O) groups is 3. The molecule has 2 N–H and O–H groups in total. The van der Waals surface area contributed by atoms with E-state index >= 15 is 0 Å². The van der Waals surface area contributed by atoms with Crippen molar-refractivity contribution in [2.75, 3.05) is 25.0 Å². The number of anilines is 1. The van der Waals surface area contributed by atoms with E-state index in [1.54, 1.807) is 17.0 Å². The molecule has 1 atom stereocenters. The molecule has 1 saturated heterocycles. The molecule has 0 bridgehead atoms. The van der Waals surface area contributed by atoms with E-state index in [0.29, 0.717) is 25.1 Å². The van der Waals surface area contributed by atoms with E-state index in [0.717, 1.165) is 15.4 Å². The van der Waals surface area contributed by atoms with Crippen LogP contribution in [0, 0.1) is 5.92 Å². The van der Waals surface area contributed by atoms with E-state index < -0.39 is 16.1 Å². The summed E-state index contributed by atoms with van der Waals surface area (Å²) in [6, 6.07) is 13.0. The molecule has 2 aliphatic heterocycles. The molecule has 0 aliphatic carbocycles. The lowest BCUT2D eigenvalue weighted by atomic mass is 9.92. The highest BCUT2D eigenvalue weighted by Gasteiger charge is 2.35. The summed E-state index contributed by atoms with van der Waals surface area (Å²) in [6.07, 6.45) is 0.718. The molecule has 2 aromatic carbocycles. The molecule has 10 heteroatoms. The summed E-state index contributed by atoms with van der Waals surface area (Å²) in [5, 5.41) is 5.42. The maximum Gasteiger partial charge on any atom is 0.247 e. The summed E-state index contributed by atoms with van der Waals surface area (Å²) in [4.78, 5) is 39.6. The first kappa shape index (κ1) is 24.9. The van der Waals surface area contributed by atoms with Crippen LogP contribution in [0.15, 0.2) is 53.4 Å². The molecule has 9 nitrogen and oxygen atoms in total. The minimum Gasteiger partial charge on any atom is -0.354 e. The molecule has 1 unspecified atom stereocenters. The Kier molecular flexibility index (Phi) is 7.23. The molecule has 0 spiro atoms. The van der Waals surface area contributed by atoms with Gasteiger partial charge in [-0.2, -0.15) is 4.31 Å². The summed E-state index contributed by atoms with van der Waals surface area (Å²) in [5.74, 6) is -0.659. The first-order valence-electron chi connectivity index (χ1n) is 11.7. The summed E-state index contributed by atoms with van der Waals surface area (Å²) < 4.78 is 27.2. The third-order valence-corrected chi connectivity index (χ3v) is 8.04. The zero-order valence-corrected chi connectivity index (χ0v) is 20.7. The molecule has 0 aromatic heterocycles. The number of nitrogens with one attached hydrogen (secondary N) is 2. The Morgan fingerprint density at radius 3 is 2.54 bits per heavy atom. The number of rotatable bonds is 6. The highest BCUT2D eigenvalue weighted by Crippen LogP contribution is 2.26. The van der Waals surface area contributed by atoms with Crippen molar-refractivity contribution in [2.45, 2.75) is 44.2 Å². The number of fused-ring (bicyclic) bond motifs is 1. The fourth-order valence-corrected chi connectivity index (χ4v) is 5.86. The molecule has 0 saturated carbocycles. The number of hydrogen-bond donors (Lipinski definition) is 2. The highest BCUT2D eigenvalue weighted by atomic mass is 32.2. The third-order valence-electron chi connectivity index (χ3n) is 6.20. The number of sulfonamides is 1. The zero-order chi connectivity index (χ0) is 25.2. The van der Waals surface area contributed by atoms with Gasteiger partial charge in [0.15, 0.2) is 0 Å². The first-order chi connectivity index (χ1) is 16.6. The maximum absolute atomic E-state index is 13.4. The largest absolute Gasteiger partial charge is 0.354 e. The van der Waals surface area contributed by atoms with E-state index in [1.807, 2.05) is 38.1 Å². The van der Waals surface area contributed by atoms with Crippen LogP contribution in [0.4, 0.5) is 5.69 Å².